The first kappa shape index (κ1) is 19.2. The summed E-state index contributed by atoms with van der Waals surface area (Å²) in [6.45, 7) is 0. The summed E-state index contributed by atoms with van der Waals surface area (Å²) in [7, 11) is 7.83. The van der Waals surface area contributed by atoms with Crippen molar-refractivity contribution >= 4 is 23.6 Å². The smallest absolute Gasteiger partial charge is 0.340 e. The first-order valence-corrected chi connectivity index (χ1v) is 10.00. The van der Waals surface area contributed by atoms with E-state index in [1.54, 1.807) is 18.2 Å². The summed E-state index contributed by atoms with van der Waals surface area (Å²) in [5, 5.41) is 0. The number of aldehydes is 1. The van der Waals surface area contributed by atoms with Gasteiger partial charge in [-0.1, -0.05) is 6.07 Å². The molecule has 6 heteroatoms. The first-order valence-electron chi connectivity index (χ1n) is 10.00. The van der Waals surface area contributed by atoms with E-state index in [2.05, 4.69) is 0 Å². The predicted octanol–water partition coefficient (Wildman–Crippen LogP) is 4.20. The molecule has 0 bridgehead atoms. The van der Waals surface area contributed by atoms with Gasteiger partial charge in [0, 0.05) is 74.0 Å². The molecule has 0 aliphatic carbocycles. The van der Waals surface area contributed by atoms with Crippen LogP contribution in [-0.4, -0.2) is 40.4 Å². The van der Waals surface area contributed by atoms with Crippen LogP contribution in [0.1, 0.15) is 37.4 Å². The summed E-state index contributed by atoms with van der Waals surface area (Å²) in [5.41, 5.74) is 3.82. The van der Waals surface area contributed by atoms with Gasteiger partial charge < -0.3 is 19.3 Å². The number of carbonyl (C=O) groups is 2. The van der Waals surface area contributed by atoms with Gasteiger partial charge in [0.1, 0.15) is 17.8 Å². The van der Waals surface area contributed by atoms with Crippen LogP contribution in [0.4, 0.5) is 11.4 Å². The number of carbonyl (C=O) groups excluding carboxylic acids is 2. The van der Waals surface area contributed by atoms with Gasteiger partial charge in [-0.15, -0.1) is 0 Å². The van der Waals surface area contributed by atoms with Gasteiger partial charge in [0.05, 0.1) is 5.56 Å². The Morgan fingerprint density at radius 2 is 1.35 bits per heavy atom. The highest BCUT2D eigenvalue weighted by molar-refractivity contribution is 5.98. The Kier molecular flexibility index (Phi) is 4.09. The number of nitrogens with zero attached hydrogens (tertiary/aromatic N) is 2. The van der Waals surface area contributed by atoms with Crippen molar-refractivity contribution in [3.63, 3.8) is 0 Å². The maximum atomic E-state index is 12.9. The molecule has 1 spiro atoms. The van der Waals surface area contributed by atoms with Gasteiger partial charge in [0.25, 0.3) is 0 Å². The van der Waals surface area contributed by atoms with E-state index in [9.17, 15) is 9.59 Å². The zero-order valence-corrected chi connectivity index (χ0v) is 17.8. The molecule has 0 fully saturated rings. The largest absolute Gasteiger partial charge is 0.456 e. The van der Waals surface area contributed by atoms with Gasteiger partial charge in [0.15, 0.2) is 5.60 Å². The Labute approximate surface area is 180 Å². The molecule has 3 aromatic rings. The second kappa shape index (κ2) is 6.60. The van der Waals surface area contributed by atoms with Crippen molar-refractivity contribution in [2.45, 2.75) is 5.60 Å². The molecule has 6 nitrogen and oxygen atoms in total. The Balaban J connectivity index is 1.85. The Morgan fingerprint density at radius 1 is 0.774 bits per heavy atom. The Bertz CT molecular complexity index is 1190. The first-order chi connectivity index (χ1) is 14.8. The summed E-state index contributed by atoms with van der Waals surface area (Å²) < 4.78 is 12.5. The zero-order chi connectivity index (χ0) is 21.9. The maximum Gasteiger partial charge on any atom is 0.340 e. The fourth-order valence-corrected chi connectivity index (χ4v) is 4.35. The molecule has 0 radical (unpaired) electrons. The van der Waals surface area contributed by atoms with E-state index in [0.717, 1.165) is 28.8 Å². The molecule has 2 heterocycles. The third-order valence-electron chi connectivity index (χ3n) is 5.97. The van der Waals surface area contributed by atoms with E-state index in [1.807, 2.05) is 74.4 Å². The molecule has 0 N–H and O–H groups in total. The minimum absolute atomic E-state index is 0.417. The van der Waals surface area contributed by atoms with Crippen LogP contribution in [0.5, 0.6) is 11.5 Å². The fraction of sp³-hybridized carbons (Fsp3) is 0.200. The second-order valence-electron chi connectivity index (χ2n) is 8.25. The normalized spacial score (nSPS) is 14.8. The van der Waals surface area contributed by atoms with Crippen LogP contribution in [0.25, 0.3) is 0 Å². The van der Waals surface area contributed by atoms with Crippen LogP contribution in [0.2, 0.25) is 0 Å². The molecular formula is C25H22N2O4. The number of fused-ring (bicyclic) bond motifs is 6. The van der Waals surface area contributed by atoms with Crippen LogP contribution in [-0.2, 0) is 10.3 Å². The van der Waals surface area contributed by atoms with Crippen molar-refractivity contribution in [2.75, 3.05) is 38.0 Å². The van der Waals surface area contributed by atoms with Crippen molar-refractivity contribution < 1.29 is 19.1 Å². The molecule has 31 heavy (non-hydrogen) atoms. The molecule has 2 aliphatic heterocycles. The van der Waals surface area contributed by atoms with Gasteiger partial charge in [-0.25, -0.2) is 4.79 Å². The van der Waals surface area contributed by atoms with Crippen molar-refractivity contribution in [1.82, 2.24) is 0 Å². The van der Waals surface area contributed by atoms with Crippen molar-refractivity contribution in [2.24, 2.45) is 0 Å². The average Bonchev–Trinajstić information content (AvgIpc) is 3.05. The number of hydrogen-bond donors (Lipinski definition) is 0. The summed E-state index contributed by atoms with van der Waals surface area (Å²) in [5.74, 6) is 0.818. The quantitative estimate of drug-likeness (QED) is 0.473. The van der Waals surface area contributed by atoms with Crippen molar-refractivity contribution in [3.8, 4) is 11.5 Å². The second-order valence-corrected chi connectivity index (χ2v) is 8.25. The van der Waals surface area contributed by atoms with Crippen molar-refractivity contribution in [1.29, 1.82) is 0 Å². The highest BCUT2D eigenvalue weighted by atomic mass is 16.6. The van der Waals surface area contributed by atoms with Crippen molar-refractivity contribution in [3.05, 3.63) is 82.4 Å². The third-order valence-corrected chi connectivity index (χ3v) is 5.97. The lowest BCUT2D eigenvalue weighted by atomic mass is 9.77. The molecule has 3 aromatic carbocycles. The SMILES string of the molecule is CN(C)c1ccc2c(c1)Oc1cc(N(C)C)ccc1C21OC(=O)c2ccc(C=O)cc21. The Morgan fingerprint density at radius 3 is 1.87 bits per heavy atom. The molecular weight excluding hydrogens is 392 g/mol. The summed E-state index contributed by atoms with van der Waals surface area (Å²) in [6, 6.07) is 16.7. The molecule has 0 saturated carbocycles. The predicted molar refractivity (Wildman–Crippen MR) is 119 cm³/mol. The molecule has 0 unspecified atom stereocenters. The maximum absolute atomic E-state index is 12.9. The molecule has 0 aromatic heterocycles. The van der Waals surface area contributed by atoms with Gasteiger partial charge in [-0.3, -0.25) is 4.79 Å². The summed E-state index contributed by atoms with van der Waals surface area (Å²) in [6.07, 6.45) is 0.780. The van der Waals surface area contributed by atoms with Gasteiger partial charge in [-0.2, -0.15) is 0 Å². The van der Waals surface area contributed by atoms with E-state index < -0.39 is 11.6 Å². The van der Waals surface area contributed by atoms with E-state index in [4.69, 9.17) is 9.47 Å². The molecule has 2 aliphatic rings. The standard InChI is InChI=1S/C25H22N2O4/c1-26(2)16-6-9-19-22(12-16)30-23-13-17(27(3)4)7-10-20(23)25(19)21-11-15(14-28)5-8-18(21)24(29)31-25/h5-14H,1-4H3. The lowest BCUT2D eigenvalue weighted by Crippen LogP contribution is -2.33. The number of rotatable bonds is 3. The molecule has 156 valence electrons. The van der Waals surface area contributed by atoms with Crippen LogP contribution in [0.3, 0.4) is 0 Å². The lowest BCUT2D eigenvalue weighted by molar-refractivity contribution is 0.0224. The topological polar surface area (TPSA) is 59.1 Å². The van der Waals surface area contributed by atoms with E-state index in [1.165, 1.54) is 0 Å². The van der Waals surface area contributed by atoms with Crippen LogP contribution in [0, 0.1) is 0 Å². The van der Waals surface area contributed by atoms with Gasteiger partial charge in [0.2, 0.25) is 0 Å². The van der Waals surface area contributed by atoms with Crippen LogP contribution < -0.4 is 14.5 Å². The third kappa shape index (κ3) is 2.64. The average molecular weight is 414 g/mol. The molecule has 0 atom stereocenters. The van der Waals surface area contributed by atoms with E-state index in [0.29, 0.717) is 28.2 Å². The fourth-order valence-electron chi connectivity index (χ4n) is 4.35. The highest BCUT2D eigenvalue weighted by Gasteiger charge is 2.53. The number of ether oxygens (including phenoxy) is 2. The summed E-state index contributed by atoms with van der Waals surface area (Å²) >= 11 is 0. The minimum atomic E-state index is -1.18. The summed E-state index contributed by atoms with van der Waals surface area (Å²) in [4.78, 5) is 28.4. The highest BCUT2D eigenvalue weighted by Crippen LogP contribution is 2.57. The molecule has 0 saturated heterocycles. The minimum Gasteiger partial charge on any atom is -0.456 e. The molecule has 5 rings (SSSR count). The number of hydrogen-bond acceptors (Lipinski definition) is 6. The van der Waals surface area contributed by atoms with Gasteiger partial charge >= 0.3 is 5.97 Å². The van der Waals surface area contributed by atoms with E-state index in [-0.39, 0.29) is 0 Å². The lowest BCUT2D eigenvalue weighted by Gasteiger charge is -2.37. The van der Waals surface area contributed by atoms with Gasteiger partial charge in [-0.05, 0) is 36.4 Å². The van der Waals surface area contributed by atoms with Crippen LogP contribution >= 0.6 is 0 Å². The monoisotopic (exact) mass is 414 g/mol. The number of benzene rings is 3. The molecule has 0 amide bonds. The Hall–Kier alpha value is -3.80. The number of esters is 1. The number of anilines is 2. The van der Waals surface area contributed by atoms with E-state index >= 15 is 0 Å². The van der Waals surface area contributed by atoms with Crippen LogP contribution in [0.15, 0.2) is 54.6 Å². The zero-order valence-electron chi connectivity index (χ0n) is 17.8.